The van der Waals surface area contributed by atoms with Gasteiger partial charge in [0.2, 0.25) is 11.8 Å². The van der Waals surface area contributed by atoms with Gasteiger partial charge in [0, 0.05) is 13.0 Å². The van der Waals surface area contributed by atoms with Crippen LogP contribution in [0.15, 0.2) is 30.3 Å². The molecule has 0 saturated carbocycles. The Morgan fingerprint density at radius 1 is 1.15 bits per heavy atom. The zero-order valence-electron chi connectivity index (χ0n) is 11.7. The van der Waals surface area contributed by atoms with Gasteiger partial charge < -0.3 is 16.8 Å². The molecule has 2 amide bonds. The monoisotopic (exact) mass is 277 g/mol. The Morgan fingerprint density at radius 3 is 2.50 bits per heavy atom. The lowest BCUT2D eigenvalue weighted by atomic mass is 10.1. The maximum atomic E-state index is 11.7. The van der Waals surface area contributed by atoms with E-state index in [-0.39, 0.29) is 11.8 Å². The van der Waals surface area contributed by atoms with Crippen molar-refractivity contribution in [1.29, 1.82) is 0 Å². The Morgan fingerprint density at radius 2 is 1.85 bits per heavy atom. The molecule has 5 N–H and O–H groups in total. The van der Waals surface area contributed by atoms with E-state index >= 15 is 0 Å². The molecule has 0 radical (unpaired) electrons. The molecule has 0 heterocycles. The zero-order valence-corrected chi connectivity index (χ0v) is 11.7. The van der Waals surface area contributed by atoms with E-state index in [1.807, 2.05) is 30.3 Å². The van der Waals surface area contributed by atoms with E-state index in [0.717, 1.165) is 12.8 Å². The second-order valence-electron chi connectivity index (χ2n) is 4.85. The van der Waals surface area contributed by atoms with Crippen LogP contribution in [0.5, 0.6) is 0 Å². The number of aryl methyl sites for hydroxylation is 1. The molecule has 110 valence electrons. The second-order valence-corrected chi connectivity index (χ2v) is 4.85. The van der Waals surface area contributed by atoms with Gasteiger partial charge >= 0.3 is 0 Å². The lowest BCUT2D eigenvalue weighted by molar-refractivity contribution is -0.122. The molecule has 1 atom stereocenters. The second kappa shape index (κ2) is 9.09. The Balaban J connectivity index is 2.14. The Bertz CT molecular complexity index is 420. The molecule has 0 aliphatic carbocycles. The average molecular weight is 277 g/mol. The summed E-state index contributed by atoms with van der Waals surface area (Å²) in [6.07, 6.45) is 3.19. The number of primary amides is 1. The van der Waals surface area contributed by atoms with Crippen LogP contribution in [-0.4, -0.2) is 24.4 Å². The Kier molecular flexibility index (Phi) is 7.35. The molecule has 1 aromatic rings. The highest BCUT2D eigenvalue weighted by Gasteiger charge is 2.12. The van der Waals surface area contributed by atoms with Gasteiger partial charge in [0.25, 0.3) is 0 Å². The largest absolute Gasteiger partial charge is 0.370 e. The summed E-state index contributed by atoms with van der Waals surface area (Å²) in [6, 6.07) is 9.45. The summed E-state index contributed by atoms with van der Waals surface area (Å²) < 4.78 is 0. The van der Waals surface area contributed by atoms with Gasteiger partial charge in [-0.2, -0.15) is 0 Å². The van der Waals surface area contributed by atoms with E-state index in [1.54, 1.807) is 0 Å². The fourth-order valence-electron chi connectivity index (χ4n) is 1.86. The van der Waals surface area contributed by atoms with Crippen LogP contribution in [0.2, 0.25) is 0 Å². The SMILES string of the molecule is NC(=O)CCCCNC(=O)C(N)CCc1ccccc1. The standard InChI is InChI=1S/C15H23N3O2/c16-13(10-9-12-6-2-1-3-7-12)15(20)18-11-5-4-8-14(17)19/h1-3,6-7,13H,4-5,8-11,16H2,(H2,17,19)(H,18,20). The van der Waals surface area contributed by atoms with Crippen molar-refractivity contribution in [3.63, 3.8) is 0 Å². The molecule has 5 heteroatoms. The van der Waals surface area contributed by atoms with E-state index < -0.39 is 6.04 Å². The third kappa shape index (κ3) is 6.89. The summed E-state index contributed by atoms with van der Waals surface area (Å²) in [6.45, 7) is 0.533. The molecular formula is C15H23N3O2. The van der Waals surface area contributed by atoms with Crippen LogP contribution in [-0.2, 0) is 16.0 Å². The van der Waals surface area contributed by atoms with Crippen molar-refractivity contribution in [3.05, 3.63) is 35.9 Å². The van der Waals surface area contributed by atoms with Crippen molar-refractivity contribution in [2.45, 2.75) is 38.1 Å². The van der Waals surface area contributed by atoms with Gasteiger partial charge in [-0.05, 0) is 31.2 Å². The topological polar surface area (TPSA) is 98.2 Å². The molecule has 0 aromatic heterocycles. The number of carbonyl (C=O) groups excluding carboxylic acids is 2. The molecule has 0 aliphatic heterocycles. The average Bonchev–Trinajstić information content (AvgIpc) is 2.45. The number of benzene rings is 1. The summed E-state index contributed by atoms with van der Waals surface area (Å²) in [5.41, 5.74) is 12.1. The lowest BCUT2D eigenvalue weighted by Crippen LogP contribution is -2.41. The molecule has 5 nitrogen and oxygen atoms in total. The molecule has 0 aliphatic rings. The summed E-state index contributed by atoms with van der Waals surface area (Å²) in [4.78, 5) is 22.3. The molecule has 1 rings (SSSR count). The number of nitrogens with one attached hydrogen (secondary N) is 1. The fraction of sp³-hybridized carbons (Fsp3) is 0.467. The van der Waals surface area contributed by atoms with Gasteiger partial charge in [-0.1, -0.05) is 30.3 Å². The summed E-state index contributed by atoms with van der Waals surface area (Å²) in [7, 11) is 0. The minimum atomic E-state index is -0.494. The Hall–Kier alpha value is -1.88. The highest BCUT2D eigenvalue weighted by Crippen LogP contribution is 2.04. The van der Waals surface area contributed by atoms with Crippen molar-refractivity contribution < 1.29 is 9.59 Å². The van der Waals surface area contributed by atoms with Gasteiger partial charge in [-0.15, -0.1) is 0 Å². The van der Waals surface area contributed by atoms with Crippen LogP contribution in [0.4, 0.5) is 0 Å². The maximum Gasteiger partial charge on any atom is 0.236 e. The first-order chi connectivity index (χ1) is 9.59. The highest BCUT2D eigenvalue weighted by molar-refractivity contribution is 5.81. The summed E-state index contributed by atoms with van der Waals surface area (Å²) in [5.74, 6) is -0.448. The Labute approximate surface area is 119 Å². The summed E-state index contributed by atoms with van der Waals surface area (Å²) >= 11 is 0. The van der Waals surface area contributed by atoms with Crippen molar-refractivity contribution in [2.24, 2.45) is 11.5 Å². The first-order valence-corrected chi connectivity index (χ1v) is 6.95. The zero-order chi connectivity index (χ0) is 14.8. The van der Waals surface area contributed by atoms with Gasteiger partial charge in [0.1, 0.15) is 0 Å². The molecule has 0 spiro atoms. The van der Waals surface area contributed by atoms with Crippen molar-refractivity contribution in [1.82, 2.24) is 5.32 Å². The molecule has 0 bridgehead atoms. The summed E-state index contributed by atoms with van der Waals surface area (Å²) in [5, 5.41) is 2.78. The molecular weight excluding hydrogens is 254 g/mol. The normalized spacial score (nSPS) is 11.8. The van der Waals surface area contributed by atoms with Crippen molar-refractivity contribution in [2.75, 3.05) is 6.54 Å². The van der Waals surface area contributed by atoms with Crippen molar-refractivity contribution >= 4 is 11.8 Å². The van der Waals surface area contributed by atoms with Crippen LogP contribution < -0.4 is 16.8 Å². The van der Waals surface area contributed by atoms with E-state index in [2.05, 4.69) is 5.32 Å². The quantitative estimate of drug-likeness (QED) is 0.580. The fourth-order valence-corrected chi connectivity index (χ4v) is 1.86. The smallest absolute Gasteiger partial charge is 0.236 e. The number of hydrogen-bond donors (Lipinski definition) is 3. The third-order valence-corrected chi connectivity index (χ3v) is 3.07. The number of unbranched alkanes of at least 4 members (excludes halogenated alkanes) is 1. The first-order valence-electron chi connectivity index (χ1n) is 6.95. The number of hydrogen-bond acceptors (Lipinski definition) is 3. The lowest BCUT2D eigenvalue weighted by Gasteiger charge is -2.12. The van der Waals surface area contributed by atoms with Crippen LogP contribution in [0, 0.1) is 0 Å². The minimum Gasteiger partial charge on any atom is -0.370 e. The van der Waals surface area contributed by atoms with Crippen LogP contribution >= 0.6 is 0 Å². The van der Waals surface area contributed by atoms with Crippen LogP contribution in [0.3, 0.4) is 0 Å². The van der Waals surface area contributed by atoms with E-state index in [0.29, 0.717) is 25.8 Å². The molecule has 0 saturated heterocycles. The molecule has 1 aromatic carbocycles. The van der Waals surface area contributed by atoms with E-state index in [4.69, 9.17) is 11.5 Å². The minimum absolute atomic E-state index is 0.139. The number of amides is 2. The first kappa shape index (κ1) is 16.2. The molecule has 1 unspecified atom stereocenters. The maximum absolute atomic E-state index is 11.7. The van der Waals surface area contributed by atoms with E-state index in [9.17, 15) is 9.59 Å². The predicted octanol–water partition coefficient (Wildman–Crippen LogP) is 0.718. The van der Waals surface area contributed by atoms with Gasteiger partial charge in [-0.25, -0.2) is 0 Å². The number of rotatable bonds is 9. The molecule has 20 heavy (non-hydrogen) atoms. The number of nitrogens with two attached hydrogens (primary N) is 2. The predicted molar refractivity (Wildman–Crippen MR) is 78.8 cm³/mol. The van der Waals surface area contributed by atoms with Gasteiger partial charge in [-0.3, -0.25) is 9.59 Å². The molecule has 0 fully saturated rings. The van der Waals surface area contributed by atoms with Crippen molar-refractivity contribution in [3.8, 4) is 0 Å². The van der Waals surface area contributed by atoms with Gasteiger partial charge in [0.05, 0.1) is 6.04 Å². The third-order valence-electron chi connectivity index (χ3n) is 3.07. The van der Waals surface area contributed by atoms with E-state index in [1.165, 1.54) is 5.56 Å². The highest BCUT2D eigenvalue weighted by atomic mass is 16.2. The van der Waals surface area contributed by atoms with Crippen LogP contribution in [0.1, 0.15) is 31.2 Å². The number of carbonyl (C=O) groups is 2. The van der Waals surface area contributed by atoms with Gasteiger partial charge in [0.15, 0.2) is 0 Å². The van der Waals surface area contributed by atoms with Crippen LogP contribution in [0.25, 0.3) is 0 Å².